The van der Waals surface area contributed by atoms with E-state index in [0.717, 1.165) is 25.0 Å². The lowest BCUT2D eigenvalue weighted by atomic mass is 10.2. The van der Waals surface area contributed by atoms with Gasteiger partial charge in [-0.3, -0.25) is 4.90 Å². The van der Waals surface area contributed by atoms with Crippen molar-refractivity contribution in [1.29, 1.82) is 0 Å². The van der Waals surface area contributed by atoms with Gasteiger partial charge in [0.05, 0.1) is 6.61 Å². The van der Waals surface area contributed by atoms with Gasteiger partial charge in [0.15, 0.2) is 0 Å². The Kier molecular flexibility index (Phi) is 8.32. The molecule has 0 aromatic heterocycles. The molecule has 0 amide bonds. The van der Waals surface area contributed by atoms with E-state index in [1.807, 2.05) is 6.07 Å². The Morgan fingerprint density at radius 3 is 2.41 bits per heavy atom. The van der Waals surface area contributed by atoms with Crippen LogP contribution in [0.2, 0.25) is 0 Å². The summed E-state index contributed by atoms with van der Waals surface area (Å²) in [5.41, 5.74) is 1.32. The molecule has 0 saturated carbocycles. The van der Waals surface area contributed by atoms with Gasteiger partial charge in [-0.1, -0.05) is 52.7 Å². The molecule has 3 heteroatoms. The van der Waals surface area contributed by atoms with Crippen LogP contribution in [0.15, 0.2) is 30.3 Å². The third-order valence-electron chi connectivity index (χ3n) is 2.77. The number of halogens is 1. The van der Waals surface area contributed by atoms with Crippen LogP contribution in [0.3, 0.4) is 0 Å². The summed E-state index contributed by atoms with van der Waals surface area (Å²) in [5.74, 6) is 0. The molecular formula is C14H22BrNO. The summed E-state index contributed by atoms with van der Waals surface area (Å²) in [4.78, 5) is 2.32. The second-order valence-electron chi connectivity index (χ2n) is 4.23. The highest BCUT2D eigenvalue weighted by atomic mass is 79.9. The molecule has 0 aliphatic heterocycles. The van der Waals surface area contributed by atoms with Gasteiger partial charge in [0.1, 0.15) is 0 Å². The normalized spacial score (nSPS) is 11.0. The fraction of sp³-hybridized carbons (Fsp3) is 0.571. The first-order chi connectivity index (χ1) is 8.36. The summed E-state index contributed by atoms with van der Waals surface area (Å²) in [5, 5.41) is 10.2. The molecule has 1 N–H and O–H groups in total. The van der Waals surface area contributed by atoms with E-state index >= 15 is 0 Å². The lowest BCUT2D eigenvalue weighted by Gasteiger charge is -2.21. The van der Waals surface area contributed by atoms with E-state index in [9.17, 15) is 0 Å². The number of hydrogen-bond donors (Lipinski definition) is 1. The molecule has 2 nitrogen and oxygen atoms in total. The van der Waals surface area contributed by atoms with E-state index in [1.165, 1.54) is 24.8 Å². The average molecular weight is 300 g/mol. The maximum Gasteiger partial charge on any atom is 0.0558 e. The molecule has 17 heavy (non-hydrogen) atoms. The predicted molar refractivity (Wildman–Crippen MR) is 76.4 cm³/mol. The van der Waals surface area contributed by atoms with Crippen LogP contribution in [0.25, 0.3) is 0 Å². The summed E-state index contributed by atoms with van der Waals surface area (Å²) < 4.78 is 0. The summed E-state index contributed by atoms with van der Waals surface area (Å²) in [6.07, 6.45) is 3.69. The third-order valence-corrected chi connectivity index (χ3v) is 3.33. The summed E-state index contributed by atoms with van der Waals surface area (Å²) in [6.45, 7) is 3.02. The predicted octanol–water partition coefficient (Wildman–Crippen LogP) is 3.05. The zero-order chi connectivity index (χ0) is 12.3. The van der Waals surface area contributed by atoms with Gasteiger partial charge in [-0.05, 0) is 24.9 Å². The molecular weight excluding hydrogens is 278 g/mol. The van der Waals surface area contributed by atoms with Crippen LogP contribution in [0, 0.1) is 0 Å². The van der Waals surface area contributed by atoms with Gasteiger partial charge in [0, 0.05) is 18.4 Å². The molecule has 96 valence electrons. The van der Waals surface area contributed by atoms with Crippen molar-refractivity contribution in [2.45, 2.75) is 25.8 Å². The Morgan fingerprint density at radius 2 is 1.76 bits per heavy atom. The zero-order valence-electron chi connectivity index (χ0n) is 10.3. The number of hydrogen-bond acceptors (Lipinski definition) is 2. The monoisotopic (exact) mass is 299 g/mol. The molecule has 0 heterocycles. The highest BCUT2D eigenvalue weighted by molar-refractivity contribution is 9.09. The minimum Gasteiger partial charge on any atom is -0.395 e. The van der Waals surface area contributed by atoms with Crippen molar-refractivity contribution in [3.05, 3.63) is 35.9 Å². The molecule has 0 aliphatic rings. The summed E-state index contributed by atoms with van der Waals surface area (Å²) in [6, 6.07) is 10.5. The first-order valence-electron chi connectivity index (χ1n) is 6.30. The van der Waals surface area contributed by atoms with Crippen molar-refractivity contribution in [3.63, 3.8) is 0 Å². The standard InChI is InChI=1S/C14H22BrNO/c15-9-5-2-6-10-16(11-12-17)13-14-7-3-1-4-8-14/h1,3-4,7-8,17H,2,5-6,9-13H2. The Bertz CT molecular complexity index is 279. The third kappa shape index (κ3) is 6.81. The number of rotatable bonds is 9. The maximum atomic E-state index is 9.07. The number of nitrogens with zero attached hydrogens (tertiary/aromatic N) is 1. The molecule has 0 spiro atoms. The first kappa shape index (κ1) is 14.7. The van der Waals surface area contributed by atoms with Crippen molar-refractivity contribution in [1.82, 2.24) is 4.90 Å². The lowest BCUT2D eigenvalue weighted by Crippen LogP contribution is -2.27. The summed E-state index contributed by atoms with van der Waals surface area (Å²) >= 11 is 3.45. The van der Waals surface area contributed by atoms with E-state index in [1.54, 1.807) is 0 Å². The quantitative estimate of drug-likeness (QED) is 0.560. The number of alkyl halides is 1. The van der Waals surface area contributed by atoms with Crippen molar-refractivity contribution in [3.8, 4) is 0 Å². The Hall–Kier alpha value is -0.380. The number of aliphatic hydroxyl groups is 1. The zero-order valence-corrected chi connectivity index (χ0v) is 11.9. The van der Waals surface area contributed by atoms with E-state index in [-0.39, 0.29) is 6.61 Å². The van der Waals surface area contributed by atoms with Crippen molar-refractivity contribution in [2.24, 2.45) is 0 Å². The molecule has 0 unspecified atom stereocenters. The van der Waals surface area contributed by atoms with E-state index in [0.29, 0.717) is 0 Å². The van der Waals surface area contributed by atoms with E-state index in [2.05, 4.69) is 45.1 Å². The molecule has 0 saturated heterocycles. The van der Waals surface area contributed by atoms with Crippen molar-refractivity contribution in [2.75, 3.05) is 25.0 Å². The second-order valence-corrected chi connectivity index (χ2v) is 5.03. The molecule has 0 fully saturated rings. The van der Waals surface area contributed by atoms with Crippen molar-refractivity contribution >= 4 is 15.9 Å². The van der Waals surface area contributed by atoms with Crippen LogP contribution < -0.4 is 0 Å². The number of aliphatic hydroxyl groups excluding tert-OH is 1. The molecule has 0 atom stereocenters. The maximum absolute atomic E-state index is 9.07. The SMILES string of the molecule is OCCN(CCCCCBr)Cc1ccccc1. The van der Waals surface area contributed by atoms with Gasteiger partial charge in [-0.2, -0.15) is 0 Å². The second kappa shape index (κ2) is 9.63. The fourth-order valence-corrected chi connectivity index (χ4v) is 2.26. The van der Waals surface area contributed by atoms with Crippen molar-refractivity contribution < 1.29 is 5.11 Å². The fourth-order valence-electron chi connectivity index (χ4n) is 1.86. The molecule has 1 aromatic rings. The largest absolute Gasteiger partial charge is 0.395 e. The molecule has 1 aromatic carbocycles. The molecule has 1 rings (SSSR count). The van der Waals surface area contributed by atoms with E-state index in [4.69, 9.17) is 5.11 Å². The van der Waals surface area contributed by atoms with Crippen LogP contribution in [0.4, 0.5) is 0 Å². The van der Waals surface area contributed by atoms with Crippen LogP contribution in [0.5, 0.6) is 0 Å². The van der Waals surface area contributed by atoms with Crippen LogP contribution in [-0.4, -0.2) is 35.0 Å². The van der Waals surface area contributed by atoms with Crippen LogP contribution in [0.1, 0.15) is 24.8 Å². The first-order valence-corrected chi connectivity index (χ1v) is 7.42. The minimum absolute atomic E-state index is 0.241. The number of unbranched alkanes of at least 4 members (excludes halogenated alkanes) is 2. The Labute approximate surface area is 113 Å². The van der Waals surface area contributed by atoms with Gasteiger partial charge in [-0.25, -0.2) is 0 Å². The van der Waals surface area contributed by atoms with Gasteiger partial charge in [0.25, 0.3) is 0 Å². The number of benzene rings is 1. The van der Waals surface area contributed by atoms with Gasteiger partial charge in [-0.15, -0.1) is 0 Å². The Balaban J connectivity index is 2.32. The molecule has 0 radical (unpaired) electrons. The molecule has 0 bridgehead atoms. The van der Waals surface area contributed by atoms with Gasteiger partial charge in [0.2, 0.25) is 0 Å². The smallest absolute Gasteiger partial charge is 0.0558 e. The average Bonchev–Trinajstić information content (AvgIpc) is 2.36. The summed E-state index contributed by atoms with van der Waals surface area (Å²) in [7, 11) is 0. The van der Waals surface area contributed by atoms with Gasteiger partial charge >= 0.3 is 0 Å². The highest BCUT2D eigenvalue weighted by Crippen LogP contribution is 2.06. The lowest BCUT2D eigenvalue weighted by molar-refractivity contribution is 0.187. The minimum atomic E-state index is 0.241. The molecule has 0 aliphatic carbocycles. The van der Waals surface area contributed by atoms with Crippen LogP contribution in [-0.2, 0) is 6.54 Å². The van der Waals surface area contributed by atoms with Crippen LogP contribution >= 0.6 is 15.9 Å². The van der Waals surface area contributed by atoms with E-state index < -0.39 is 0 Å². The Morgan fingerprint density at radius 1 is 1.00 bits per heavy atom. The van der Waals surface area contributed by atoms with Gasteiger partial charge < -0.3 is 5.11 Å². The highest BCUT2D eigenvalue weighted by Gasteiger charge is 2.04. The topological polar surface area (TPSA) is 23.5 Å².